The van der Waals surface area contributed by atoms with Crippen molar-refractivity contribution < 1.29 is 16.8 Å². The lowest BCUT2D eigenvalue weighted by Gasteiger charge is -2.20. The Hall–Kier alpha value is -2.46. The summed E-state index contributed by atoms with van der Waals surface area (Å²) < 4.78 is 50.6. The second-order valence-electron chi connectivity index (χ2n) is 6.04. The van der Waals surface area contributed by atoms with Gasteiger partial charge >= 0.3 is 0 Å². The van der Waals surface area contributed by atoms with Crippen molar-refractivity contribution >= 4 is 31.4 Å². The van der Waals surface area contributed by atoms with Gasteiger partial charge in [-0.2, -0.15) is 9.52 Å². The number of nitrogens with zero attached hydrogens (tertiary/aromatic N) is 3. The average Bonchev–Trinajstić information content (AvgIpc) is 3.00. The van der Waals surface area contributed by atoms with Crippen LogP contribution in [0.5, 0.6) is 0 Å². The lowest BCUT2D eigenvalue weighted by atomic mass is 10.00. The molecule has 0 amide bonds. The van der Waals surface area contributed by atoms with Gasteiger partial charge in [0, 0.05) is 24.5 Å². The zero-order chi connectivity index (χ0) is 18.9. The minimum Gasteiger partial charge on any atom is -0.284 e. The van der Waals surface area contributed by atoms with E-state index in [1.54, 1.807) is 48.8 Å². The van der Waals surface area contributed by atoms with Gasteiger partial charge in [-0.25, -0.2) is 16.8 Å². The molecule has 2 heterocycles. The molecule has 1 aromatic heterocycles. The summed E-state index contributed by atoms with van der Waals surface area (Å²) >= 11 is 0. The van der Waals surface area contributed by atoms with Crippen LogP contribution in [0.3, 0.4) is 0 Å². The van der Waals surface area contributed by atoms with Crippen LogP contribution in [0.15, 0.2) is 53.9 Å². The zero-order valence-electron chi connectivity index (χ0n) is 14.2. The largest absolute Gasteiger partial charge is 0.284 e. The highest BCUT2D eigenvalue weighted by Crippen LogP contribution is 2.34. The van der Waals surface area contributed by atoms with Gasteiger partial charge < -0.3 is 0 Å². The molecule has 0 saturated carbocycles. The molecule has 10 heteroatoms. The van der Waals surface area contributed by atoms with Gasteiger partial charge in [0.1, 0.15) is 0 Å². The zero-order valence-corrected chi connectivity index (χ0v) is 15.8. The van der Waals surface area contributed by atoms with Crippen molar-refractivity contribution in [2.24, 2.45) is 5.10 Å². The van der Waals surface area contributed by atoms with Crippen molar-refractivity contribution in [1.29, 1.82) is 0 Å². The smallest absolute Gasteiger partial charge is 0.247 e. The van der Waals surface area contributed by atoms with Crippen LogP contribution in [-0.2, 0) is 20.0 Å². The second kappa shape index (κ2) is 6.69. The molecule has 0 spiro atoms. The SMILES string of the molecule is CS(=O)(=O)Nc1cccc(C2=NN(S(C)(=O)=O)[C@H](c3cccnc3)C2)c1. The fourth-order valence-electron chi connectivity index (χ4n) is 2.77. The van der Waals surface area contributed by atoms with E-state index >= 15 is 0 Å². The summed E-state index contributed by atoms with van der Waals surface area (Å²) in [5.74, 6) is 0. The van der Waals surface area contributed by atoms with Gasteiger partial charge in [0.15, 0.2) is 0 Å². The van der Waals surface area contributed by atoms with Gasteiger partial charge in [-0.1, -0.05) is 18.2 Å². The molecule has 3 rings (SSSR count). The third-order valence-corrected chi connectivity index (χ3v) is 5.40. The third-order valence-electron chi connectivity index (χ3n) is 3.78. The third kappa shape index (κ3) is 4.20. The molecule has 2 aromatic rings. The molecule has 26 heavy (non-hydrogen) atoms. The van der Waals surface area contributed by atoms with Crippen LogP contribution in [-0.4, -0.2) is 44.5 Å². The van der Waals surface area contributed by atoms with E-state index in [1.165, 1.54) is 0 Å². The highest BCUT2D eigenvalue weighted by molar-refractivity contribution is 7.92. The molecule has 1 aromatic carbocycles. The van der Waals surface area contributed by atoms with Gasteiger partial charge in [0.2, 0.25) is 20.0 Å². The van der Waals surface area contributed by atoms with E-state index in [0.717, 1.165) is 22.5 Å². The first-order chi connectivity index (χ1) is 12.1. The maximum Gasteiger partial charge on any atom is 0.247 e. The van der Waals surface area contributed by atoms with Crippen molar-refractivity contribution in [2.75, 3.05) is 17.2 Å². The molecule has 0 saturated heterocycles. The predicted molar refractivity (Wildman–Crippen MR) is 99.7 cm³/mol. The number of benzene rings is 1. The van der Waals surface area contributed by atoms with Gasteiger partial charge in [-0.15, -0.1) is 0 Å². The van der Waals surface area contributed by atoms with Gasteiger partial charge in [-0.05, 0) is 29.3 Å². The van der Waals surface area contributed by atoms with E-state index < -0.39 is 26.1 Å². The molecule has 1 N–H and O–H groups in total. The number of nitrogens with one attached hydrogen (secondary N) is 1. The lowest BCUT2D eigenvalue weighted by molar-refractivity contribution is 0.374. The Morgan fingerprint density at radius 2 is 1.88 bits per heavy atom. The number of hydrazone groups is 1. The molecule has 1 aliphatic heterocycles. The van der Waals surface area contributed by atoms with Crippen molar-refractivity contribution in [3.63, 3.8) is 0 Å². The summed E-state index contributed by atoms with van der Waals surface area (Å²) in [4.78, 5) is 4.05. The average molecular weight is 394 g/mol. The molecule has 0 bridgehead atoms. The monoisotopic (exact) mass is 394 g/mol. The number of anilines is 1. The van der Waals surface area contributed by atoms with Crippen LogP contribution in [0.4, 0.5) is 5.69 Å². The molecular formula is C16H18N4O4S2. The van der Waals surface area contributed by atoms with Crippen LogP contribution in [0.1, 0.15) is 23.6 Å². The van der Waals surface area contributed by atoms with E-state index in [1.807, 2.05) is 0 Å². The Kier molecular flexibility index (Phi) is 4.72. The topological polar surface area (TPSA) is 109 Å². The Balaban J connectivity index is 1.97. The maximum atomic E-state index is 12.2. The van der Waals surface area contributed by atoms with Gasteiger partial charge in [0.25, 0.3) is 0 Å². The first kappa shape index (κ1) is 18.3. The van der Waals surface area contributed by atoms with E-state index in [-0.39, 0.29) is 0 Å². The first-order valence-electron chi connectivity index (χ1n) is 7.68. The van der Waals surface area contributed by atoms with Crippen LogP contribution >= 0.6 is 0 Å². The Labute approximate surface area is 152 Å². The fourth-order valence-corrected chi connectivity index (χ4v) is 4.23. The van der Waals surface area contributed by atoms with Gasteiger partial charge in [0.05, 0.1) is 24.3 Å². The number of rotatable bonds is 5. The normalized spacial score (nSPS) is 17.8. The number of hydrogen-bond donors (Lipinski definition) is 1. The van der Waals surface area contributed by atoms with Crippen molar-refractivity contribution in [3.05, 3.63) is 59.9 Å². The quantitative estimate of drug-likeness (QED) is 0.828. The van der Waals surface area contributed by atoms with Crippen LogP contribution < -0.4 is 4.72 Å². The minimum absolute atomic E-state index is 0.362. The van der Waals surface area contributed by atoms with Crippen molar-refractivity contribution in [1.82, 2.24) is 9.40 Å². The van der Waals surface area contributed by atoms with E-state index in [9.17, 15) is 16.8 Å². The summed E-state index contributed by atoms with van der Waals surface area (Å²) in [5, 5.41) is 4.28. The van der Waals surface area contributed by atoms with E-state index in [0.29, 0.717) is 23.4 Å². The molecule has 1 atom stereocenters. The number of sulfonamides is 2. The molecular weight excluding hydrogens is 376 g/mol. The standard InChI is InChI=1S/C16H18N4O4S2/c1-25(21,22)19-14-7-3-5-12(9-14)15-10-16(13-6-4-8-17-11-13)20(18-15)26(2,23)24/h3-9,11,16,19H,10H2,1-2H3/t16-/m0/s1. The number of pyridine rings is 1. The molecule has 0 aliphatic carbocycles. The van der Waals surface area contributed by atoms with Gasteiger partial charge in [-0.3, -0.25) is 9.71 Å². The van der Waals surface area contributed by atoms with Crippen molar-refractivity contribution in [2.45, 2.75) is 12.5 Å². The minimum atomic E-state index is -3.57. The summed E-state index contributed by atoms with van der Waals surface area (Å²) in [7, 11) is -6.98. The van der Waals surface area contributed by atoms with Crippen LogP contribution in [0, 0.1) is 0 Å². The highest BCUT2D eigenvalue weighted by Gasteiger charge is 2.34. The summed E-state index contributed by atoms with van der Waals surface area (Å²) in [6, 6.07) is 9.76. The Morgan fingerprint density at radius 1 is 1.12 bits per heavy atom. The van der Waals surface area contributed by atoms with Crippen molar-refractivity contribution in [3.8, 4) is 0 Å². The lowest BCUT2D eigenvalue weighted by Crippen LogP contribution is -2.25. The molecule has 0 radical (unpaired) electrons. The number of hydrogen-bond acceptors (Lipinski definition) is 6. The first-order valence-corrected chi connectivity index (χ1v) is 11.4. The molecule has 138 valence electrons. The summed E-state index contributed by atoms with van der Waals surface area (Å²) in [6.07, 6.45) is 5.76. The van der Waals surface area contributed by atoms with Crippen LogP contribution in [0.2, 0.25) is 0 Å². The Bertz CT molecular complexity index is 1050. The van der Waals surface area contributed by atoms with E-state index in [2.05, 4.69) is 14.8 Å². The maximum absolute atomic E-state index is 12.2. The fraction of sp³-hybridized carbons (Fsp3) is 0.250. The molecule has 1 aliphatic rings. The molecule has 0 fully saturated rings. The van der Waals surface area contributed by atoms with Crippen LogP contribution in [0.25, 0.3) is 0 Å². The predicted octanol–water partition coefficient (Wildman–Crippen LogP) is 1.56. The second-order valence-corrected chi connectivity index (χ2v) is 9.63. The molecule has 0 unspecified atom stereocenters. The Morgan fingerprint density at radius 3 is 2.50 bits per heavy atom. The summed E-state index contributed by atoms with van der Waals surface area (Å²) in [6.45, 7) is 0. The molecule has 8 nitrogen and oxygen atoms in total. The van der Waals surface area contributed by atoms with E-state index in [4.69, 9.17) is 0 Å². The summed E-state index contributed by atoms with van der Waals surface area (Å²) in [5.41, 5.74) is 2.34. The highest BCUT2D eigenvalue weighted by atomic mass is 32.2. The number of aromatic nitrogens is 1.